The maximum Gasteiger partial charge on any atom is 0.244 e. The van der Waals surface area contributed by atoms with E-state index in [0.29, 0.717) is 22.7 Å². The molecule has 2 rings (SSSR count). The molecule has 0 aliphatic rings. The van der Waals surface area contributed by atoms with Gasteiger partial charge in [-0.2, -0.15) is 4.31 Å². The van der Waals surface area contributed by atoms with Crippen molar-refractivity contribution >= 4 is 21.4 Å². The standard InChI is InChI=1S/C13H17NO4S2/c1-3-14(7-11-5-4-6-18-11)20(16,17)13-10(2)9-19-12(13)8-15/h4-6,9,15H,3,7-8H2,1-2H3. The Labute approximate surface area is 122 Å². The zero-order valence-electron chi connectivity index (χ0n) is 11.4. The third-order valence-electron chi connectivity index (χ3n) is 3.00. The molecule has 110 valence electrons. The summed E-state index contributed by atoms with van der Waals surface area (Å²) in [6, 6.07) is 3.47. The zero-order chi connectivity index (χ0) is 14.8. The Morgan fingerprint density at radius 1 is 1.45 bits per heavy atom. The van der Waals surface area contributed by atoms with Gasteiger partial charge in [0.2, 0.25) is 10.0 Å². The van der Waals surface area contributed by atoms with Gasteiger partial charge >= 0.3 is 0 Å². The SMILES string of the molecule is CCN(Cc1ccco1)S(=O)(=O)c1c(C)csc1CO. The van der Waals surface area contributed by atoms with Gasteiger partial charge in [0, 0.05) is 6.54 Å². The van der Waals surface area contributed by atoms with E-state index in [9.17, 15) is 13.5 Å². The lowest BCUT2D eigenvalue weighted by Crippen LogP contribution is -2.31. The average Bonchev–Trinajstić information content (AvgIpc) is 3.04. The first kappa shape index (κ1) is 15.2. The summed E-state index contributed by atoms with van der Waals surface area (Å²) in [5.41, 5.74) is 0.664. The van der Waals surface area contributed by atoms with Crippen molar-refractivity contribution in [3.63, 3.8) is 0 Å². The van der Waals surface area contributed by atoms with Gasteiger partial charge < -0.3 is 9.52 Å². The topological polar surface area (TPSA) is 70.8 Å². The summed E-state index contributed by atoms with van der Waals surface area (Å²) in [6.07, 6.45) is 1.52. The summed E-state index contributed by atoms with van der Waals surface area (Å²) in [7, 11) is -3.63. The van der Waals surface area contributed by atoms with Crippen LogP contribution >= 0.6 is 11.3 Å². The van der Waals surface area contributed by atoms with Crippen LogP contribution < -0.4 is 0 Å². The van der Waals surface area contributed by atoms with E-state index >= 15 is 0 Å². The maximum atomic E-state index is 12.7. The highest BCUT2D eigenvalue weighted by Gasteiger charge is 2.29. The van der Waals surface area contributed by atoms with Crippen molar-refractivity contribution in [2.45, 2.75) is 31.9 Å². The number of furan rings is 1. The molecule has 0 amide bonds. The Hall–Kier alpha value is -1.15. The highest BCUT2D eigenvalue weighted by Crippen LogP contribution is 2.30. The number of nitrogens with zero attached hydrogens (tertiary/aromatic N) is 1. The fraction of sp³-hybridized carbons (Fsp3) is 0.385. The molecule has 20 heavy (non-hydrogen) atoms. The highest BCUT2D eigenvalue weighted by molar-refractivity contribution is 7.89. The number of aryl methyl sites for hydroxylation is 1. The number of rotatable bonds is 6. The second kappa shape index (κ2) is 6.09. The van der Waals surface area contributed by atoms with E-state index < -0.39 is 10.0 Å². The van der Waals surface area contributed by atoms with Gasteiger partial charge in [-0.1, -0.05) is 6.92 Å². The second-order valence-electron chi connectivity index (χ2n) is 4.34. The average molecular weight is 315 g/mol. The minimum Gasteiger partial charge on any atom is -0.468 e. The fourth-order valence-electron chi connectivity index (χ4n) is 2.02. The quantitative estimate of drug-likeness (QED) is 0.888. The van der Waals surface area contributed by atoms with Crippen LogP contribution in [0.1, 0.15) is 23.1 Å². The van der Waals surface area contributed by atoms with E-state index in [0.717, 1.165) is 0 Å². The van der Waals surface area contributed by atoms with Crippen molar-refractivity contribution in [3.05, 3.63) is 40.0 Å². The van der Waals surface area contributed by atoms with Crippen LogP contribution in [0.3, 0.4) is 0 Å². The molecule has 0 saturated carbocycles. The van der Waals surface area contributed by atoms with Crippen molar-refractivity contribution in [1.82, 2.24) is 4.31 Å². The summed E-state index contributed by atoms with van der Waals surface area (Å²) in [5, 5.41) is 11.1. The minimum absolute atomic E-state index is 0.186. The Morgan fingerprint density at radius 3 is 2.75 bits per heavy atom. The van der Waals surface area contributed by atoms with E-state index in [4.69, 9.17) is 4.42 Å². The van der Waals surface area contributed by atoms with Crippen LogP contribution in [-0.2, 0) is 23.2 Å². The second-order valence-corrected chi connectivity index (χ2v) is 7.18. The zero-order valence-corrected chi connectivity index (χ0v) is 13.0. The lowest BCUT2D eigenvalue weighted by Gasteiger charge is -2.20. The van der Waals surface area contributed by atoms with Gasteiger partial charge in [-0.3, -0.25) is 0 Å². The summed E-state index contributed by atoms with van der Waals surface area (Å²) in [5.74, 6) is 0.592. The molecule has 0 aliphatic carbocycles. The molecule has 0 bridgehead atoms. The van der Waals surface area contributed by atoms with E-state index in [-0.39, 0.29) is 18.0 Å². The van der Waals surface area contributed by atoms with E-state index in [1.54, 1.807) is 31.4 Å². The van der Waals surface area contributed by atoms with Gasteiger partial charge in [-0.25, -0.2) is 8.42 Å². The van der Waals surface area contributed by atoms with E-state index in [2.05, 4.69) is 0 Å². The van der Waals surface area contributed by atoms with Crippen LogP contribution in [0.25, 0.3) is 0 Å². The number of sulfonamides is 1. The molecule has 5 nitrogen and oxygen atoms in total. The van der Waals surface area contributed by atoms with E-state index in [1.165, 1.54) is 21.9 Å². The lowest BCUT2D eigenvalue weighted by atomic mass is 10.3. The van der Waals surface area contributed by atoms with Crippen LogP contribution in [0.2, 0.25) is 0 Å². The van der Waals surface area contributed by atoms with Gasteiger partial charge in [0.1, 0.15) is 10.7 Å². The largest absolute Gasteiger partial charge is 0.468 e. The molecule has 0 aromatic carbocycles. The first-order valence-corrected chi connectivity index (χ1v) is 8.53. The maximum absolute atomic E-state index is 12.7. The summed E-state index contributed by atoms with van der Waals surface area (Å²) in [4.78, 5) is 0.693. The molecule has 0 spiro atoms. The molecule has 0 saturated heterocycles. The Bertz CT molecular complexity index is 659. The van der Waals surface area contributed by atoms with Crippen LogP contribution in [0, 0.1) is 6.92 Å². The number of thiophene rings is 1. The van der Waals surface area contributed by atoms with Gasteiger partial charge in [0.15, 0.2) is 0 Å². The molecule has 2 aromatic rings. The van der Waals surface area contributed by atoms with Crippen molar-refractivity contribution in [3.8, 4) is 0 Å². The number of aliphatic hydroxyl groups excluding tert-OH is 1. The molecule has 0 radical (unpaired) electrons. The van der Waals surface area contributed by atoms with Crippen LogP contribution in [-0.4, -0.2) is 24.4 Å². The minimum atomic E-state index is -3.63. The van der Waals surface area contributed by atoms with Crippen molar-refractivity contribution < 1.29 is 17.9 Å². The molecule has 0 unspecified atom stereocenters. The molecular formula is C13H17NO4S2. The normalized spacial score (nSPS) is 12.2. The Kier molecular flexibility index (Phi) is 4.64. The third-order valence-corrected chi connectivity index (χ3v) is 6.37. The van der Waals surface area contributed by atoms with Gasteiger partial charge in [-0.15, -0.1) is 11.3 Å². The first-order valence-electron chi connectivity index (χ1n) is 6.21. The monoisotopic (exact) mass is 315 g/mol. The molecule has 0 atom stereocenters. The molecule has 2 aromatic heterocycles. The molecular weight excluding hydrogens is 298 g/mol. The third kappa shape index (κ3) is 2.80. The van der Waals surface area contributed by atoms with Crippen molar-refractivity contribution in [2.75, 3.05) is 6.54 Å². The van der Waals surface area contributed by atoms with Crippen LogP contribution in [0.15, 0.2) is 33.1 Å². The summed E-state index contributed by atoms with van der Waals surface area (Å²) < 4.78 is 32.0. The van der Waals surface area contributed by atoms with Gasteiger partial charge in [0.25, 0.3) is 0 Å². The summed E-state index contributed by atoms with van der Waals surface area (Å²) >= 11 is 1.26. The van der Waals surface area contributed by atoms with Crippen molar-refractivity contribution in [2.24, 2.45) is 0 Å². The van der Waals surface area contributed by atoms with Crippen LogP contribution in [0.5, 0.6) is 0 Å². The smallest absolute Gasteiger partial charge is 0.244 e. The van der Waals surface area contributed by atoms with Crippen LogP contribution in [0.4, 0.5) is 0 Å². The molecule has 7 heteroatoms. The van der Waals surface area contributed by atoms with Gasteiger partial charge in [-0.05, 0) is 30.0 Å². The summed E-state index contributed by atoms with van der Waals surface area (Å²) in [6.45, 7) is 3.77. The number of aliphatic hydroxyl groups is 1. The molecule has 0 fully saturated rings. The van der Waals surface area contributed by atoms with Gasteiger partial charge in [0.05, 0.1) is 24.3 Å². The van der Waals surface area contributed by atoms with E-state index in [1.807, 2.05) is 0 Å². The molecule has 2 heterocycles. The number of hydrogen-bond donors (Lipinski definition) is 1. The highest BCUT2D eigenvalue weighted by atomic mass is 32.2. The Morgan fingerprint density at radius 2 is 2.20 bits per heavy atom. The predicted octanol–water partition coefficient (Wildman–Crippen LogP) is 2.35. The molecule has 0 aliphatic heterocycles. The molecule has 1 N–H and O–H groups in total. The lowest BCUT2D eigenvalue weighted by molar-refractivity contribution is 0.282. The predicted molar refractivity (Wildman–Crippen MR) is 77.0 cm³/mol. The first-order chi connectivity index (χ1) is 9.50. The fourth-order valence-corrected chi connectivity index (χ4v) is 5.04. The Balaban J connectivity index is 2.39. The number of hydrogen-bond acceptors (Lipinski definition) is 5. The van der Waals surface area contributed by atoms with Crippen molar-refractivity contribution in [1.29, 1.82) is 0 Å².